The standard InChI is InChI=1S/C18H27N3O2.2ClH/c1-23-17-7-3-2-5-15(17)14-20-9-11-21(12-10-20)18(22)13-16-6-4-8-19-16;;/h2-3,5,7,16,19H,4,6,8-14H2,1H3;2*1H. The van der Waals surface area contributed by atoms with Crippen LogP contribution in [0.5, 0.6) is 5.75 Å². The first kappa shape index (κ1) is 22.0. The Balaban J connectivity index is 0.00000156. The maximum absolute atomic E-state index is 12.4. The molecule has 1 aromatic rings. The van der Waals surface area contributed by atoms with Gasteiger partial charge in [-0.15, -0.1) is 24.8 Å². The number of benzene rings is 1. The summed E-state index contributed by atoms with van der Waals surface area (Å²) in [5, 5.41) is 3.41. The van der Waals surface area contributed by atoms with E-state index in [1.54, 1.807) is 7.11 Å². The number of carbonyl (C=O) groups is 1. The fourth-order valence-corrected chi connectivity index (χ4v) is 3.50. The molecule has 2 aliphatic rings. The van der Waals surface area contributed by atoms with Crippen LogP contribution >= 0.6 is 24.8 Å². The molecule has 1 atom stereocenters. The predicted molar refractivity (Wildman–Crippen MR) is 105 cm³/mol. The quantitative estimate of drug-likeness (QED) is 0.838. The van der Waals surface area contributed by atoms with Crippen LogP contribution in [0.25, 0.3) is 0 Å². The first-order valence-electron chi connectivity index (χ1n) is 8.61. The number of amides is 1. The Kier molecular flexibility index (Phi) is 9.57. The van der Waals surface area contributed by atoms with Crippen LogP contribution in [-0.4, -0.2) is 61.6 Å². The van der Waals surface area contributed by atoms with E-state index < -0.39 is 0 Å². The van der Waals surface area contributed by atoms with Gasteiger partial charge in [0.2, 0.25) is 5.91 Å². The molecule has 0 spiro atoms. The smallest absolute Gasteiger partial charge is 0.224 e. The molecule has 7 heteroatoms. The van der Waals surface area contributed by atoms with Gasteiger partial charge in [0.05, 0.1) is 7.11 Å². The largest absolute Gasteiger partial charge is 0.496 e. The molecule has 5 nitrogen and oxygen atoms in total. The number of hydrogen-bond acceptors (Lipinski definition) is 4. The zero-order chi connectivity index (χ0) is 16.1. The summed E-state index contributed by atoms with van der Waals surface area (Å²) in [6.07, 6.45) is 3.00. The number of hydrogen-bond donors (Lipinski definition) is 1. The minimum Gasteiger partial charge on any atom is -0.496 e. The van der Waals surface area contributed by atoms with Crippen molar-refractivity contribution in [2.75, 3.05) is 39.8 Å². The number of ether oxygens (including phenoxy) is 1. The monoisotopic (exact) mass is 389 g/mol. The second-order valence-corrected chi connectivity index (χ2v) is 6.47. The van der Waals surface area contributed by atoms with E-state index in [-0.39, 0.29) is 24.8 Å². The molecule has 0 saturated carbocycles. The molecule has 2 saturated heterocycles. The van der Waals surface area contributed by atoms with E-state index >= 15 is 0 Å². The zero-order valence-corrected chi connectivity index (χ0v) is 16.4. The molecule has 25 heavy (non-hydrogen) atoms. The maximum atomic E-state index is 12.4. The van der Waals surface area contributed by atoms with Crippen molar-refractivity contribution in [2.45, 2.75) is 31.8 Å². The van der Waals surface area contributed by atoms with Gasteiger partial charge in [0, 0.05) is 50.7 Å². The predicted octanol–water partition coefficient (Wildman–Crippen LogP) is 2.33. The highest BCUT2D eigenvalue weighted by Gasteiger charge is 2.25. The number of piperazine rings is 1. The Bertz CT molecular complexity index is 531. The average Bonchev–Trinajstić information content (AvgIpc) is 3.09. The Morgan fingerprint density at radius 1 is 1.20 bits per heavy atom. The van der Waals surface area contributed by atoms with Gasteiger partial charge >= 0.3 is 0 Å². The van der Waals surface area contributed by atoms with Crippen LogP contribution in [0.4, 0.5) is 0 Å². The lowest BCUT2D eigenvalue weighted by Crippen LogP contribution is -2.49. The van der Waals surface area contributed by atoms with E-state index in [1.165, 1.54) is 12.0 Å². The Morgan fingerprint density at radius 2 is 1.92 bits per heavy atom. The lowest BCUT2D eigenvalue weighted by molar-refractivity contribution is -0.133. The van der Waals surface area contributed by atoms with Gasteiger partial charge in [-0.05, 0) is 25.5 Å². The van der Waals surface area contributed by atoms with Crippen molar-refractivity contribution in [1.82, 2.24) is 15.1 Å². The number of carbonyl (C=O) groups excluding carboxylic acids is 1. The van der Waals surface area contributed by atoms with Crippen LogP contribution in [0, 0.1) is 0 Å². The first-order valence-corrected chi connectivity index (χ1v) is 8.61. The first-order chi connectivity index (χ1) is 11.3. The summed E-state index contributed by atoms with van der Waals surface area (Å²) in [6.45, 7) is 5.48. The average molecular weight is 390 g/mol. The number of nitrogens with zero attached hydrogens (tertiary/aromatic N) is 2. The zero-order valence-electron chi connectivity index (χ0n) is 14.8. The Morgan fingerprint density at radius 3 is 2.56 bits per heavy atom. The van der Waals surface area contributed by atoms with Crippen molar-refractivity contribution in [3.8, 4) is 5.75 Å². The molecule has 0 radical (unpaired) electrons. The SMILES string of the molecule is COc1ccccc1CN1CCN(C(=O)CC2CCCN2)CC1.Cl.Cl. The molecule has 2 heterocycles. The lowest BCUT2D eigenvalue weighted by atomic mass is 10.1. The number of nitrogens with one attached hydrogen (secondary N) is 1. The van der Waals surface area contributed by atoms with Gasteiger partial charge in [-0.2, -0.15) is 0 Å². The number of methoxy groups -OCH3 is 1. The van der Waals surface area contributed by atoms with Crippen LogP contribution in [0.3, 0.4) is 0 Å². The van der Waals surface area contributed by atoms with E-state index in [2.05, 4.69) is 16.3 Å². The summed E-state index contributed by atoms with van der Waals surface area (Å²) < 4.78 is 5.42. The summed E-state index contributed by atoms with van der Waals surface area (Å²) in [5.41, 5.74) is 1.21. The maximum Gasteiger partial charge on any atom is 0.224 e. The van der Waals surface area contributed by atoms with E-state index in [0.29, 0.717) is 18.4 Å². The normalized spacial score (nSPS) is 20.5. The van der Waals surface area contributed by atoms with Gasteiger partial charge in [0.1, 0.15) is 5.75 Å². The summed E-state index contributed by atoms with van der Waals surface area (Å²) >= 11 is 0. The Hall–Kier alpha value is -1.01. The molecule has 3 rings (SSSR count). The number of para-hydroxylation sites is 1. The number of rotatable bonds is 5. The van der Waals surface area contributed by atoms with Crippen molar-refractivity contribution < 1.29 is 9.53 Å². The van der Waals surface area contributed by atoms with Crippen LogP contribution in [-0.2, 0) is 11.3 Å². The van der Waals surface area contributed by atoms with Gasteiger partial charge in [-0.25, -0.2) is 0 Å². The number of halogens is 2. The van der Waals surface area contributed by atoms with E-state index in [4.69, 9.17) is 4.74 Å². The lowest BCUT2D eigenvalue weighted by Gasteiger charge is -2.35. The summed E-state index contributed by atoms with van der Waals surface area (Å²) in [5.74, 6) is 1.25. The highest BCUT2D eigenvalue weighted by molar-refractivity contribution is 5.85. The van der Waals surface area contributed by atoms with Crippen molar-refractivity contribution in [2.24, 2.45) is 0 Å². The molecule has 0 aliphatic carbocycles. The van der Waals surface area contributed by atoms with Crippen LogP contribution in [0.1, 0.15) is 24.8 Å². The van der Waals surface area contributed by atoms with E-state index in [9.17, 15) is 4.79 Å². The molecule has 2 fully saturated rings. The van der Waals surface area contributed by atoms with Crippen LogP contribution in [0.2, 0.25) is 0 Å². The van der Waals surface area contributed by atoms with Crippen molar-refractivity contribution in [3.05, 3.63) is 29.8 Å². The van der Waals surface area contributed by atoms with Crippen molar-refractivity contribution in [1.29, 1.82) is 0 Å². The van der Waals surface area contributed by atoms with Gasteiger partial charge in [0.15, 0.2) is 0 Å². The Labute approximate surface area is 162 Å². The third-order valence-electron chi connectivity index (χ3n) is 4.89. The molecule has 142 valence electrons. The molecule has 0 aromatic heterocycles. The molecule has 2 aliphatic heterocycles. The van der Waals surface area contributed by atoms with Crippen molar-refractivity contribution in [3.63, 3.8) is 0 Å². The fourth-order valence-electron chi connectivity index (χ4n) is 3.50. The van der Waals surface area contributed by atoms with Crippen LogP contribution < -0.4 is 10.1 Å². The molecule has 1 unspecified atom stereocenters. The fraction of sp³-hybridized carbons (Fsp3) is 0.611. The van der Waals surface area contributed by atoms with Crippen LogP contribution in [0.15, 0.2) is 24.3 Å². The van der Waals surface area contributed by atoms with Gasteiger partial charge in [-0.3, -0.25) is 9.69 Å². The summed E-state index contributed by atoms with van der Waals surface area (Å²) in [7, 11) is 1.71. The molecule has 1 aromatic carbocycles. The second-order valence-electron chi connectivity index (χ2n) is 6.47. The highest BCUT2D eigenvalue weighted by atomic mass is 35.5. The van der Waals surface area contributed by atoms with Crippen molar-refractivity contribution >= 4 is 30.7 Å². The second kappa shape index (κ2) is 10.9. The van der Waals surface area contributed by atoms with Gasteiger partial charge in [-0.1, -0.05) is 18.2 Å². The molecular formula is C18H29Cl2N3O2. The molecule has 1 N–H and O–H groups in total. The molecule has 0 bridgehead atoms. The molecule has 1 amide bonds. The van der Waals surface area contributed by atoms with E-state index in [0.717, 1.165) is 51.4 Å². The topological polar surface area (TPSA) is 44.8 Å². The third kappa shape index (κ3) is 6.03. The summed E-state index contributed by atoms with van der Waals surface area (Å²) in [6, 6.07) is 8.56. The molecular weight excluding hydrogens is 361 g/mol. The van der Waals surface area contributed by atoms with Gasteiger partial charge < -0.3 is 15.0 Å². The van der Waals surface area contributed by atoms with E-state index in [1.807, 2.05) is 23.1 Å². The minimum atomic E-state index is 0. The minimum absolute atomic E-state index is 0. The third-order valence-corrected chi connectivity index (χ3v) is 4.89. The summed E-state index contributed by atoms with van der Waals surface area (Å²) in [4.78, 5) is 16.8. The van der Waals surface area contributed by atoms with Gasteiger partial charge in [0.25, 0.3) is 0 Å². The highest BCUT2D eigenvalue weighted by Crippen LogP contribution is 2.20.